The summed E-state index contributed by atoms with van der Waals surface area (Å²) in [5, 5.41) is 15.9. The molecule has 2 fully saturated rings. The second kappa shape index (κ2) is 20.9. The van der Waals surface area contributed by atoms with Crippen LogP contribution in [0.3, 0.4) is 0 Å². The predicted molar refractivity (Wildman–Crippen MR) is 266 cm³/mol. The van der Waals surface area contributed by atoms with Gasteiger partial charge in [-0.15, -0.1) is 23.1 Å². The molecule has 1 saturated heterocycles. The molecule has 2 aliphatic heterocycles. The van der Waals surface area contributed by atoms with Gasteiger partial charge < -0.3 is 24.9 Å². The van der Waals surface area contributed by atoms with E-state index < -0.39 is 45.4 Å². The van der Waals surface area contributed by atoms with E-state index in [0.29, 0.717) is 50.1 Å². The lowest BCUT2D eigenvalue weighted by Crippen LogP contribution is -2.71. The number of hydrogen-bond donors (Lipinski definition) is 2. The van der Waals surface area contributed by atoms with Gasteiger partial charge in [0.1, 0.15) is 47.8 Å². The topological polar surface area (TPSA) is 223 Å². The van der Waals surface area contributed by atoms with Crippen molar-refractivity contribution in [2.24, 2.45) is 10.3 Å². The fourth-order valence-corrected chi connectivity index (χ4v) is 12.9. The summed E-state index contributed by atoms with van der Waals surface area (Å²) in [6.45, 7) is -0.0649. The van der Waals surface area contributed by atoms with E-state index in [-0.39, 0.29) is 29.5 Å². The Morgan fingerprint density at radius 1 is 0.928 bits per heavy atom. The molecule has 3 aliphatic rings. The van der Waals surface area contributed by atoms with Gasteiger partial charge in [0.05, 0.1) is 11.9 Å². The number of carbonyl (C=O) groups is 4. The second-order valence-electron chi connectivity index (χ2n) is 15.6. The molecule has 1 unspecified atom stereocenters. The van der Waals surface area contributed by atoms with Crippen LogP contribution in [-0.4, -0.2) is 90.5 Å². The Balaban J connectivity index is 0.936. The molecule has 4 aromatic carbocycles. The number of rotatable bonds is 19. The van der Waals surface area contributed by atoms with Gasteiger partial charge in [-0.3, -0.25) is 19.3 Å². The van der Waals surface area contributed by atoms with Crippen LogP contribution in [0, 0.1) is 0 Å². The Morgan fingerprint density at radius 2 is 1.58 bits per heavy atom. The third-order valence-corrected chi connectivity index (χ3v) is 16.9. The zero-order chi connectivity index (χ0) is 48.0. The molecule has 3 amide bonds. The number of nitrogens with one attached hydrogen (secondary N) is 2. The van der Waals surface area contributed by atoms with Crippen molar-refractivity contribution in [3.63, 3.8) is 0 Å². The minimum Gasteiger partial charge on any atom is -0.497 e. The van der Waals surface area contributed by atoms with Gasteiger partial charge >= 0.3 is 5.97 Å². The van der Waals surface area contributed by atoms with Crippen molar-refractivity contribution in [2.75, 3.05) is 31.0 Å². The number of anilines is 1. The number of thioether (sulfide) groups is 3. The Hall–Kier alpha value is -6.68. The van der Waals surface area contributed by atoms with Crippen LogP contribution in [0.5, 0.6) is 5.75 Å². The average Bonchev–Trinajstić information content (AvgIpc) is 3.80. The van der Waals surface area contributed by atoms with Crippen LogP contribution in [-0.2, 0) is 40.9 Å². The molecule has 350 valence electrons. The number of aromatic nitrogens is 3. The molecule has 17 nitrogen and oxygen atoms in total. The van der Waals surface area contributed by atoms with Crippen molar-refractivity contribution in [1.29, 1.82) is 0 Å². The zero-order valence-electron chi connectivity index (χ0n) is 36.7. The first-order chi connectivity index (χ1) is 33.7. The van der Waals surface area contributed by atoms with Crippen LogP contribution in [0.25, 0.3) is 10.4 Å². The third kappa shape index (κ3) is 9.94. The minimum absolute atomic E-state index is 0.0649. The van der Waals surface area contributed by atoms with Crippen molar-refractivity contribution in [3.05, 3.63) is 170 Å². The Labute approximate surface area is 416 Å². The number of oxime groups is 1. The molecule has 22 heteroatoms. The smallest absolute Gasteiger partial charge is 0.355 e. The van der Waals surface area contributed by atoms with E-state index in [2.05, 4.69) is 71.6 Å². The lowest BCUT2D eigenvalue weighted by molar-refractivity contribution is -0.153. The Bertz CT molecular complexity index is 2880. The van der Waals surface area contributed by atoms with Crippen molar-refractivity contribution in [2.45, 2.75) is 50.6 Å². The quantitative estimate of drug-likeness (QED) is 0.00895. The van der Waals surface area contributed by atoms with Crippen LogP contribution in [0.1, 0.15) is 40.8 Å². The number of thiazole rings is 1. The van der Waals surface area contributed by atoms with Crippen molar-refractivity contribution < 1.29 is 33.5 Å². The molecule has 2 aromatic heterocycles. The van der Waals surface area contributed by atoms with Crippen LogP contribution in [0.4, 0.5) is 5.13 Å². The Kier molecular flexibility index (Phi) is 14.4. The molecule has 9 rings (SSSR count). The number of methoxy groups -OCH3 is 1. The van der Waals surface area contributed by atoms with Gasteiger partial charge in [-0.05, 0) is 75.0 Å². The molecule has 2 atom stereocenters. The maximum absolute atomic E-state index is 14.2. The van der Waals surface area contributed by atoms with Crippen LogP contribution >= 0.6 is 58.2 Å². The first-order valence-corrected chi connectivity index (χ1v) is 25.7. The highest BCUT2D eigenvalue weighted by Crippen LogP contribution is 2.52. The van der Waals surface area contributed by atoms with Crippen LogP contribution in [0.15, 0.2) is 152 Å². The van der Waals surface area contributed by atoms with Crippen molar-refractivity contribution in [3.8, 4) is 5.75 Å². The molecule has 6 aromatic rings. The molecule has 1 aliphatic carbocycles. The summed E-state index contributed by atoms with van der Waals surface area (Å²) in [5.74, 6) is -1.21. The van der Waals surface area contributed by atoms with E-state index in [0.717, 1.165) is 28.2 Å². The van der Waals surface area contributed by atoms with E-state index in [4.69, 9.17) is 24.8 Å². The Morgan fingerprint density at radius 3 is 2.17 bits per heavy atom. The molecule has 0 spiro atoms. The number of fused-ring (bicyclic) bond motifs is 1. The summed E-state index contributed by atoms with van der Waals surface area (Å²) in [6, 6.07) is 36.2. The standard InChI is InChI=1S/C47H40N10O7S5/c1-62-33-20-18-28(19-21-33)24-64-41(60)37-29(26-67-45-51-44(55-69-45)68-46(22-23-46)42(61)53-56-48)25-65-40-36(39(59)57(37)40)50-38(58)35(54-63-2)34-27-66-43(49-34)52-47(30-12-6-3-7-13-30,31-14-8-4-9-15-31)32-16-10-5-11-17-32/h3-21,27,36,40H,22-26H2,1-2H3,(H,49,52)(H,50,58)/b54-35-/t36?,40-/m1/s1. The monoisotopic (exact) mass is 1020 g/mol. The second-order valence-corrected chi connectivity index (χ2v) is 20.9. The highest BCUT2D eigenvalue weighted by atomic mass is 32.2. The predicted octanol–water partition coefficient (Wildman–Crippen LogP) is 8.41. The maximum atomic E-state index is 14.2. The number of amides is 3. The molecular weight excluding hydrogens is 977 g/mol. The van der Waals surface area contributed by atoms with Gasteiger partial charge in [0, 0.05) is 21.8 Å². The number of β-lactam (4-membered cyclic amide) rings is 1. The lowest BCUT2D eigenvalue weighted by Gasteiger charge is -2.49. The van der Waals surface area contributed by atoms with Gasteiger partial charge in [-0.1, -0.05) is 132 Å². The molecular formula is C47H40N10O7S5. The van der Waals surface area contributed by atoms with Gasteiger partial charge in [0.15, 0.2) is 15.2 Å². The van der Waals surface area contributed by atoms with Gasteiger partial charge in [-0.25, -0.2) is 14.8 Å². The number of hydrogen-bond acceptors (Lipinski definition) is 17. The number of benzene rings is 4. The normalized spacial score (nSPS) is 17.2. The molecule has 4 heterocycles. The summed E-state index contributed by atoms with van der Waals surface area (Å²) in [5.41, 5.74) is 12.3. The van der Waals surface area contributed by atoms with Crippen molar-refractivity contribution >= 4 is 92.7 Å². The third-order valence-electron chi connectivity index (χ3n) is 11.4. The number of esters is 1. The lowest BCUT2D eigenvalue weighted by atomic mass is 9.77. The highest BCUT2D eigenvalue weighted by Gasteiger charge is 2.55. The van der Waals surface area contributed by atoms with E-state index >= 15 is 0 Å². The molecule has 0 bridgehead atoms. The molecule has 69 heavy (non-hydrogen) atoms. The van der Waals surface area contributed by atoms with E-state index in [1.807, 2.05) is 54.6 Å². The first-order valence-electron chi connectivity index (χ1n) is 21.2. The van der Waals surface area contributed by atoms with Crippen molar-refractivity contribution in [1.82, 2.24) is 24.6 Å². The van der Waals surface area contributed by atoms with E-state index in [9.17, 15) is 19.2 Å². The summed E-state index contributed by atoms with van der Waals surface area (Å²) in [6.07, 6.45) is 1.11. The van der Waals surface area contributed by atoms with Crippen LogP contribution < -0.4 is 15.4 Å². The molecule has 0 radical (unpaired) electrons. The maximum Gasteiger partial charge on any atom is 0.355 e. The summed E-state index contributed by atoms with van der Waals surface area (Å²) >= 11 is 6.31. The fraction of sp³-hybridized carbons (Fsp3) is 0.234. The van der Waals surface area contributed by atoms with Gasteiger partial charge in [0.2, 0.25) is 11.1 Å². The molecule has 1 saturated carbocycles. The average molecular weight is 1020 g/mol. The largest absolute Gasteiger partial charge is 0.497 e. The minimum atomic E-state index is -1.02. The fourth-order valence-electron chi connectivity index (χ4n) is 7.83. The van der Waals surface area contributed by atoms with Crippen LogP contribution in [0.2, 0.25) is 0 Å². The van der Waals surface area contributed by atoms with E-state index in [1.54, 1.807) is 36.8 Å². The van der Waals surface area contributed by atoms with Gasteiger partial charge in [0.25, 0.3) is 11.8 Å². The highest BCUT2D eigenvalue weighted by molar-refractivity contribution is 8.02. The summed E-state index contributed by atoms with van der Waals surface area (Å²) in [7, 11) is 2.88. The van der Waals surface area contributed by atoms with Gasteiger partial charge in [-0.2, -0.15) is 4.37 Å². The summed E-state index contributed by atoms with van der Waals surface area (Å²) < 4.78 is 15.2. The first kappa shape index (κ1) is 47.4. The number of carbonyl (C=O) groups excluding carboxylic acids is 4. The molecule has 2 N–H and O–H groups in total. The SMILES string of the molecule is CO/N=C(\C(=O)NC1C(=O)N2C(C(=O)OCc3ccc(OC)cc3)=C(CSc3nc(SC4(C(=O)N=[N+]=[N-])CC4)ns3)CS[C@H]12)c1csc(NC(c2ccccc2)(c2ccccc2)c2ccccc2)n1. The number of ether oxygens (including phenoxy) is 2. The van der Waals surface area contributed by atoms with E-state index in [1.165, 1.54) is 58.6 Å². The summed E-state index contributed by atoms with van der Waals surface area (Å²) in [4.78, 5) is 73.5. The number of nitrogens with zero attached hydrogens (tertiary/aromatic N) is 8. The zero-order valence-corrected chi connectivity index (χ0v) is 40.8. The number of azide groups is 1.